The second kappa shape index (κ2) is 17.5. The largest absolute Gasteiger partial charge is 0.379 e. The van der Waals surface area contributed by atoms with Gasteiger partial charge in [-0.3, -0.25) is 4.99 Å². The van der Waals surface area contributed by atoms with Crippen molar-refractivity contribution in [2.24, 2.45) is 4.99 Å². The van der Waals surface area contributed by atoms with Gasteiger partial charge in [-0.1, -0.05) is 20.3 Å². The van der Waals surface area contributed by atoms with Crippen molar-refractivity contribution in [1.82, 2.24) is 25.4 Å². The predicted molar refractivity (Wildman–Crippen MR) is 115 cm³/mol. The highest BCUT2D eigenvalue weighted by atomic mass is 127. The first-order chi connectivity index (χ1) is 12.3. The van der Waals surface area contributed by atoms with E-state index in [9.17, 15) is 0 Å². The molecule has 1 rings (SSSR count). The summed E-state index contributed by atoms with van der Waals surface area (Å²) in [4.78, 5) is 4.51. The Morgan fingerprint density at radius 2 is 1.88 bits per heavy atom. The van der Waals surface area contributed by atoms with Crippen molar-refractivity contribution in [2.75, 3.05) is 46.1 Å². The summed E-state index contributed by atoms with van der Waals surface area (Å²) < 4.78 is 13.0. The van der Waals surface area contributed by atoms with Crippen molar-refractivity contribution in [3.63, 3.8) is 0 Å². The molecule has 0 unspecified atom stereocenters. The molecule has 0 fully saturated rings. The summed E-state index contributed by atoms with van der Waals surface area (Å²) in [5.41, 5.74) is 0. The zero-order valence-electron chi connectivity index (χ0n) is 16.4. The van der Waals surface area contributed by atoms with Crippen LogP contribution in [0.25, 0.3) is 0 Å². The Morgan fingerprint density at radius 1 is 1.12 bits per heavy atom. The lowest BCUT2D eigenvalue weighted by molar-refractivity contribution is 0.0497. The van der Waals surface area contributed by atoms with E-state index in [-0.39, 0.29) is 24.0 Å². The van der Waals surface area contributed by atoms with Gasteiger partial charge in [0.2, 0.25) is 0 Å². The topological polar surface area (TPSA) is 85.6 Å². The number of aromatic nitrogens is 3. The number of hydrogen-bond donors (Lipinski definition) is 2. The predicted octanol–water partition coefficient (Wildman–Crippen LogP) is 1.85. The van der Waals surface area contributed by atoms with E-state index >= 15 is 0 Å². The van der Waals surface area contributed by atoms with Crippen LogP contribution < -0.4 is 10.6 Å². The molecule has 0 bridgehead atoms. The van der Waals surface area contributed by atoms with Crippen molar-refractivity contribution < 1.29 is 9.47 Å². The summed E-state index contributed by atoms with van der Waals surface area (Å²) in [6.07, 6.45) is 4.92. The molecule has 0 aromatic carbocycles. The molecule has 26 heavy (non-hydrogen) atoms. The number of rotatable bonds is 14. The zero-order valence-corrected chi connectivity index (χ0v) is 18.7. The van der Waals surface area contributed by atoms with Crippen molar-refractivity contribution in [1.29, 1.82) is 0 Å². The monoisotopic (exact) mass is 482 g/mol. The molecular weight excluding hydrogens is 447 g/mol. The van der Waals surface area contributed by atoms with Gasteiger partial charge in [-0.2, -0.15) is 0 Å². The lowest BCUT2D eigenvalue weighted by Gasteiger charge is -2.12. The highest BCUT2D eigenvalue weighted by molar-refractivity contribution is 14.0. The number of ether oxygens (including phenoxy) is 2. The maximum Gasteiger partial charge on any atom is 0.191 e. The van der Waals surface area contributed by atoms with Gasteiger partial charge in [0.05, 0.1) is 26.4 Å². The van der Waals surface area contributed by atoms with E-state index in [0.717, 1.165) is 57.3 Å². The molecule has 0 atom stereocenters. The maximum atomic E-state index is 5.53. The lowest BCUT2D eigenvalue weighted by atomic mass is 10.4. The third-order valence-electron chi connectivity index (χ3n) is 3.52. The van der Waals surface area contributed by atoms with E-state index in [2.05, 4.69) is 51.2 Å². The van der Waals surface area contributed by atoms with E-state index in [1.165, 1.54) is 0 Å². The molecule has 1 aromatic rings. The fraction of sp³-hybridized carbons (Fsp3) is 0.824. The average Bonchev–Trinajstić information content (AvgIpc) is 3.07. The summed E-state index contributed by atoms with van der Waals surface area (Å²) in [6, 6.07) is 0. The van der Waals surface area contributed by atoms with Gasteiger partial charge < -0.3 is 24.7 Å². The van der Waals surface area contributed by atoms with Crippen LogP contribution >= 0.6 is 24.0 Å². The maximum absolute atomic E-state index is 5.53. The molecule has 0 aliphatic heterocycles. The van der Waals surface area contributed by atoms with Gasteiger partial charge in [-0.15, -0.1) is 34.2 Å². The smallest absolute Gasteiger partial charge is 0.191 e. The van der Waals surface area contributed by atoms with Crippen LogP contribution in [0, 0.1) is 0 Å². The number of hydrogen-bond acceptors (Lipinski definition) is 5. The third kappa shape index (κ3) is 11.6. The standard InChI is InChI=1S/C17H34N6O2.HI/c1-4-7-11-24-13-14-25-12-9-20-17(18-6-3)19-8-10-23-15-21-22-16(23)5-2;/h15H,4-14H2,1-3H3,(H2,18,19,20);1H. The first kappa shape index (κ1) is 25.1. The normalized spacial score (nSPS) is 11.3. The first-order valence-electron chi connectivity index (χ1n) is 9.36. The number of aryl methyl sites for hydroxylation is 1. The molecular formula is C17H35IN6O2. The molecule has 1 heterocycles. The van der Waals surface area contributed by atoms with Gasteiger partial charge in [0.1, 0.15) is 12.2 Å². The van der Waals surface area contributed by atoms with Gasteiger partial charge in [-0.05, 0) is 13.3 Å². The summed E-state index contributed by atoms with van der Waals surface area (Å²) in [5.74, 6) is 1.80. The Bertz CT molecular complexity index is 470. The Labute approximate surface area is 174 Å². The summed E-state index contributed by atoms with van der Waals surface area (Å²) in [5, 5.41) is 14.6. The van der Waals surface area contributed by atoms with Crippen LogP contribution in [0.3, 0.4) is 0 Å². The average molecular weight is 482 g/mol. The second-order valence-electron chi connectivity index (χ2n) is 5.56. The molecule has 2 N–H and O–H groups in total. The van der Waals surface area contributed by atoms with E-state index < -0.39 is 0 Å². The molecule has 0 saturated carbocycles. The summed E-state index contributed by atoms with van der Waals surface area (Å²) in [7, 11) is 0. The van der Waals surface area contributed by atoms with Gasteiger partial charge in [-0.25, -0.2) is 0 Å². The minimum Gasteiger partial charge on any atom is -0.379 e. The number of unbranched alkanes of at least 4 members (excludes halogenated alkanes) is 1. The van der Waals surface area contributed by atoms with Gasteiger partial charge in [0.25, 0.3) is 0 Å². The van der Waals surface area contributed by atoms with Crippen LogP contribution in [0.15, 0.2) is 11.3 Å². The van der Waals surface area contributed by atoms with E-state index in [0.29, 0.717) is 26.4 Å². The minimum absolute atomic E-state index is 0. The van der Waals surface area contributed by atoms with Gasteiger partial charge in [0.15, 0.2) is 5.96 Å². The van der Waals surface area contributed by atoms with E-state index in [4.69, 9.17) is 9.47 Å². The minimum atomic E-state index is 0. The number of nitrogens with zero attached hydrogens (tertiary/aromatic N) is 4. The fourth-order valence-corrected chi connectivity index (χ4v) is 2.17. The Balaban J connectivity index is 0.00000625. The number of aliphatic imine (C=N–C) groups is 1. The van der Waals surface area contributed by atoms with Crippen LogP contribution in [0.4, 0.5) is 0 Å². The molecule has 8 nitrogen and oxygen atoms in total. The SMILES string of the molecule is CCCCOCCOCCN=C(NCC)NCCn1cnnc1CC.I. The van der Waals surface area contributed by atoms with Gasteiger partial charge in [0, 0.05) is 32.7 Å². The van der Waals surface area contributed by atoms with Crippen LogP contribution in [-0.2, 0) is 22.4 Å². The molecule has 0 spiro atoms. The van der Waals surface area contributed by atoms with Crippen molar-refractivity contribution in [2.45, 2.75) is 46.6 Å². The molecule has 0 aliphatic carbocycles. The Kier molecular flexibility index (Phi) is 16.8. The second-order valence-corrected chi connectivity index (χ2v) is 5.56. The fourth-order valence-electron chi connectivity index (χ4n) is 2.17. The highest BCUT2D eigenvalue weighted by Crippen LogP contribution is 1.94. The Morgan fingerprint density at radius 3 is 2.58 bits per heavy atom. The molecule has 0 saturated heterocycles. The molecule has 1 aromatic heterocycles. The van der Waals surface area contributed by atoms with Crippen LogP contribution in [0.1, 0.15) is 39.4 Å². The van der Waals surface area contributed by atoms with Crippen molar-refractivity contribution in [3.05, 3.63) is 12.2 Å². The highest BCUT2D eigenvalue weighted by Gasteiger charge is 2.02. The van der Waals surface area contributed by atoms with Crippen LogP contribution in [0.2, 0.25) is 0 Å². The van der Waals surface area contributed by atoms with Gasteiger partial charge >= 0.3 is 0 Å². The number of guanidine groups is 1. The molecule has 152 valence electrons. The molecule has 0 aliphatic rings. The van der Waals surface area contributed by atoms with Crippen molar-refractivity contribution in [3.8, 4) is 0 Å². The summed E-state index contributed by atoms with van der Waals surface area (Å²) >= 11 is 0. The Hall–Kier alpha value is -0.940. The quantitative estimate of drug-likeness (QED) is 0.182. The third-order valence-corrected chi connectivity index (χ3v) is 3.52. The summed E-state index contributed by atoms with van der Waals surface area (Å²) in [6.45, 7) is 12.0. The lowest BCUT2D eigenvalue weighted by Crippen LogP contribution is -2.39. The van der Waals surface area contributed by atoms with Crippen LogP contribution in [0.5, 0.6) is 0 Å². The number of nitrogens with one attached hydrogen (secondary N) is 2. The number of halogens is 1. The first-order valence-corrected chi connectivity index (χ1v) is 9.36. The molecule has 9 heteroatoms. The van der Waals surface area contributed by atoms with Crippen LogP contribution in [-0.4, -0.2) is 66.8 Å². The molecule has 0 amide bonds. The zero-order chi connectivity index (χ0) is 18.2. The van der Waals surface area contributed by atoms with E-state index in [1.807, 2.05) is 0 Å². The van der Waals surface area contributed by atoms with Crippen molar-refractivity contribution >= 4 is 29.9 Å². The van der Waals surface area contributed by atoms with E-state index in [1.54, 1.807) is 6.33 Å². The molecule has 0 radical (unpaired) electrons.